The molecular formula is C17H27NO2. The van der Waals surface area contributed by atoms with E-state index in [1.807, 2.05) is 46.8 Å². The number of ether oxygens (including phenoxy) is 1. The highest BCUT2D eigenvalue weighted by molar-refractivity contribution is 5.94. The van der Waals surface area contributed by atoms with Crippen LogP contribution in [-0.2, 0) is 4.79 Å². The van der Waals surface area contributed by atoms with Gasteiger partial charge in [0, 0.05) is 11.1 Å². The van der Waals surface area contributed by atoms with Crippen molar-refractivity contribution in [1.82, 2.24) is 0 Å². The van der Waals surface area contributed by atoms with Gasteiger partial charge < -0.3 is 10.1 Å². The highest BCUT2D eigenvalue weighted by Crippen LogP contribution is 2.29. The minimum atomic E-state index is -0.395. The van der Waals surface area contributed by atoms with Crippen LogP contribution in [0.1, 0.15) is 52.2 Å². The molecule has 0 aromatic heterocycles. The van der Waals surface area contributed by atoms with Gasteiger partial charge in [-0.15, -0.1) is 0 Å². The third-order valence-electron chi connectivity index (χ3n) is 3.29. The second-order valence-corrected chi connectivity index (χ2v) is 6.48. The molecule has 0 spiro atoms. The maximum absolute atomic E-state index is 12.0. The molecule has 1 unspecified atom stereocenters. The molecular weight excluding hydrogens is 250 g/mol. The molecule has 1 aromatic carbocycles. The number of hydrogen-bond acceptors (Lipinski definition) is 2. The van der Waals surface area contributed by atoms with Crippen molar-refractivity contribution >= 4 is 11.6 Å². The van der Waals surface area contributed by atoms with E-state index in [1.54, 1.807) is 0 Å². The summed E-state index contributed by atoms with van der Waals surface area (Å²) in [4.78, 5) is 12.0. The lowest BCUT2D eigenvalue weighted by Crippen LogP contribution is -2.27. The predicted molar refractivity (Wildman–Crippen MR) is 84.4 cm³/mol. The van der Waals surface area contributed by atoms with Crippen LogP contribution in [0.3, 0.4) is 0 Å². The van der Waals surface area contributed by atoms with Crippen molar-refractivity contribution in [2.24, 2.45) is 5.41 Å². The summed E-state index contributed by atoms with van der Waals surface area (Å²) in [7, 11) is 0. The van der Waals surface area contributed by atoms with Crippen molar-refractivity contribution < 1.29 is 9.53 Å². The molecule has 3 nitrogen and oxygen atoms in total. The Bertz CT molecular complexity index is 463. The van der Waals surface area contributed by atoms with E-state index in [-0.39, 0.29) is 12.0 Å². The maximum atomic E-state index is 12.0. The Morgan fingerprint density at radius 3 is 2.15 bits per heavy atom. The quantitative estimate of drug-likeness (QED) is 0.882. The van der Waals surface area contributed by atoms with Crippen molar-refractivity contribution in [2.45, 2.75) is 61.0 Å². The second kappa shape index (κ2) is 6.29. The summed E-state index contributed by atoms with van der Waals surface area (Å²) in [6.45, 7) is 13.9. The predicted octanol–water partition coefficient (Wildman–Crippen LogP) is 4.47. The lowest BCUT2D eigenvalue weighted by molar-refractivity contribution is -0.123. The standard InChI is InChI=1S/C17H27NO2/c1-8-13(4)20-15-11(2)9-14(10-12(15)3)18-16(19)17(5,6)7/h9-10,13H,8H2,1-7H3,(H,18,19). The Labute approximate surface area is 122 Å². The van der Waals surface area contributed by atoms with Gasteiger partial charge in [0.2, 0.25) is 5.91 Å². The lowest BCUT2D eigenvalue weighted by atomic mass is 9.95. The summed E-state index contributed by atoms with van der Waals surface area (Å²) in [6, 6.07) is 3.93. The molecule has 20 heavy (non-hydrogen) atoms. The third-order valence-corrected chi connectivity index (χ3v) is 3.29. The van der Waals surface area contributed by atoms with Crippen molar-refractivity contribution in [3.63, 3.8) is 0 Å². The molecule has 1 amide bonds. The topological polar surface area (TPSA) is 38.3 Å². The number of hydrogen-bond donors (Lipinski definition) is 1. The molecule has 0 heterocycles. The van der Waals surface area contributed by atoms with E-state index in [1.165, 1.54) is 0 Å². The minimum Gasteiger partial charge on any atom is -0.490 e. The van der Waals surface area contributed by atoms with Crippen LogP contribution in [0.15, 0.2) is 12.1 Å². The number of benzene rings is 1. The Morgan fingerprint density at radius 2 is 1.75 bits per heavy atom. The smallest absolute Gasteiger partial charge is 0.229 e. The molecule has 1 atom stereocenters. The number of carbonyl (C=O) groups is 1. The summed E-state index contributed by atoms with van der Waals surface area (Å²) in [5.41, 5.74) is 2.54. The zero-order valence-corrected chi connectivity index (χ0v) is 13.8. The Balaban J connectivity index is 2.96. The number of amides is 1. The first-order chi connectivity index (χ1) is 9.15. The number of anilines is 1. The van der Waals surface area contributed by atoms with E-state index < -0.39 is 5.41 Å². The van der Waals surface area contributed by atoms with Crippen LogP contribution in [0.2, 0.25) is 0 Å². The molecule has 112 valence electrons. The van der Waals surface area contributed by atoms with Crippen LogP contribution in [-0.4, -0.2) is 12.0 Å². The van der Waals surface area contributed by atoms with Crippen molar-refractivity contribution in [3.8, 4) is 5.75 Å². The summed E-state index contributed by atoms with van der Waals surface area (Å²) in [6.07, 6.45) is 1.17. The van der Waals surface area contributed by atoms with E-state index in [2.05, 4.69) is 19.2 Å². The van der Waals surface area contributed by atoms with Gasteiger partial charge in [0.15, 0.2) is 0 Å². The average molecular weight is 277 g/mol. The van der Waals surface area contributed by atoms with E-state index in [9.17, 15) is 4.79 Å². The molecule has 1 aromatic rings. The highest BCUT2D eigenvalue weighted by atomic mass is 16.5. The van der Waals surface area contributed by atoms with Gasteiger partial charge in [-0.1, -0.05) is 27.7 Å². The van der Waals surface area contributed by atoms with Gasteiger partial charge in [-0.25, -0.2) is 0 Å². The number of nitrogens with one attached hydrogen (secondary N) is 1. The maximum Gasteiger partial charge on any atom is 0.229 e. The molecule has 0 aliphatic carbocycles. The van der Waals surface area contributed by atoms with E-state index in [0.717, 1.165) is 29.0 Å². The van der Waals surface area contributed by atoms with Gasteiger partial charge in [0.05, 0.1) is 6.10 Å². The van der Waals surface area contributed by atoms with Gasteiger partial charge in [0.1, 0.15) is 5.75 Å². The van der Waals surface area contributed by atoms with Crippen molar-refractivity contribution in [2.75, 3.05) is 5.32 Å². The molecule has 1 rings (SSSR count). The first-order valence-electron chi connectivity index (χ1n) is 7.24. The summed E-state index contributed by atoms with van der Waals surface area (Å²) in [5, 5.41) is 2.96. The molecule has 0 aliphatic rings. The fourth-order valence-electron chi connectivity index (χ4n) is 1.81. The molecule has 0 saturated heterocycles. The molecule has 0 radical (unpaired) electrons. The molecule has 0 fully saturated rings. The first kappa shape index (κ1) is 16.5. The van der Waals surface area contributed by atoms with E-state index >= 15 is 0 Å². The lowest BCUT2D eigenvalue weighted by Gasteiger charge is -2.21. The molecule has 3 heteroatoms. The summed E-state index contributed by atoms with van der Waals surface area (Å²) in [5.74, 6) is 0.944. The van der Waals surface area contributed by atoms with E-state index in [0.29, 0.717) is 0 Å². The normalized spacial score (nSPS) is 12.9. The van der Waals surface area contributed by atoms with Gasteiger partial charge in [-0.05, 0) is 50.5 Å². The summed E-state index contributed by atoms with van der Waals surface area (Å²) >= 11 is 0. The SMILES string of the molecule is CCC(C)Oc1c(C)cc(NC(=O)C(C)(C)C)cc1C. The fraction of sp³-hybridized carbons (Fsp3) is 0.588. The van der Waals surface area contributed by atoms with Crippen molar-refractivity contribution in [3.05, 3.63) is 23.3 Å². The number of aryl methyl sites for hydroxylation is 2. The zero-order valence-electron chi connectivity index (χ0n) is 13.8. The van der Waals surface area contributed by atoms with Crippen LogP contribution in [0.4, 0.5) is 5.69 Å². The molecule has 0 bridgehead atoms. The largest absolute Gasteiger partial charge is 0.490 e. The average Bonchev–Trinajstić information content (AvgIpc) is 2.32. The Hall–Kier alpha value is -1.51. The zero-order chi connectivity index (χ0) is 15.5. The summed E-state index contributed by atoms with van der Waals surface area (Å²) < 4.78 is 5.94. The van der Waals surface area contributed by atoms with Crippen LogP contribution in [0.5, 0.6) is 5.75 Å². The highest BCUT2D eigenvalue weighted by Gasteiger charge is 2.21. The number of rotatable bonds is 4. The Morgan fingerprint density at radius 1 is 1.25 bits per heavy atom. The van der Waals surface area contributed by atoms with Gasteiger partial charge >= 0.3 is 0 Å². The van der Waals surface area contributed by atoms with Gasteiger partial charge in [-0.2, -0.15) is 0 Å². The molecule has 0 aliphatic heterocycles. The molecule has 0 saturated carbocycles. The van der Waals surface area contributed by atoms with E-state index in [4.69, 9.17) is 4.74 Å². The first-order valence-corrected chi connectivity index (χ1v) is 7.24. The van der Waals surface area contributed by atoms with Crippen LogP contribution in [0, 0.1) is 19.3 Å². The monoisotopic (exact) mass is 277 g/mol. The van der Waals surface area contributed by atoms with Crippen LogP contribution >= 0.6 is 0 Å². The van der Waals surface area contributed by atoms with Crippen LogP contribution in [0.25, 0.3) is 0 Å². The minimum absolute atomic E-state index is 0.0203. The van der Waals surface area contributed by atoms with Gasteiger partial charge in [0.25, 0.3) is 0 Å². The number of carbonyl (C=O) groups excluding carboxylic acids is 1. The Kier molecular flexibility index (Phi) is 5.21. The van der Waals surface area contributed by atoms with Gasteiger partial charge in [-0.3, -0.25) is 4.79 Å². The van der Waals surface area contributed by atoms with Crippen LogP contribution < -0.4 is 10.1 Å². The third kappa shape index (κ3) is 4.26. The van der Waals surface area contributed by atoms with Crippen molar-refractivity contribution in [1.29, 1.82) is 0 Å². The molecule has 1 N–H and O–H groups in total. The second-order valence-electron chi connectivity index (χ2n) is 6.48. The fourth-order valence-corrected chi connectivity index (χ4v) is 1.81.